The molecule has 0 radical (unpaired) electrons. The number of aliphatic carboxylic acids is 1. The Balaban J connectivity index is 2.27. The Kier molecular flexibility index (Phi) is 9.43. The Morgan fingerprint density at radius 2 is 1.65 bits per heavy atom. The fraction of sp³-hybridized carbons (Fsp3) is 0.583. The van der Waals surface area contributed by atoms with Gasteiger partial charge in [-0.3, -0.25) is 14.4 Å². The number of carboxylic acids is 1. The minimum atomic E-state index is -1.09. The zero-order valence-corrected chi connectivity index (χ0v) is 20.2. The highest BCUT2D eigenvalue weighted by Gasteiger charge is 2.38. The highest BCUT2D eigenvalue weighted by Crippen LogP contribution is 2.20. The van der Waals surface area contributed by atoms with E-state index in [2.05, 4.69) is 10.6 Å². The van der Waals surface area contributed by atoms with Crippen molar-refractivity contribution in [3.05, 3.63) is 29.8 Å². The summed E-state index contributed by atoms with van der Waals surface area (Å²) in [4.78, 5) is 52.0. The van der Waals surface area contributed by atoms with E-state index in [4.69, 9.17) is 5.73 Å². The molecule has 10 nitrogen and oxygen atoms in total. The van der Waals surface area contributed by atoms with Crippen molar-refractivity contribution in [1.29, 1.82) is 0 Å². The third-order valence-corrected chi connectivity index (χ3v) is 6.08. The molecule has 1 heterocycles. The van der Waals surface area contributed by atoms with Crippen LogP contribution in [-0.2, 0) is 25.6 Å². The summed E-state index contributed by atoms with van der Waals surface area (Å²) in [7, 11) is 0. The molecular weight excluding hydrogens is 440 g/mol. The van der Waals surface area contributed by atoms with Crippen LogP contribution in [0, 0.1) is 11.8 Å². The first-order valence-electron chi connectivity index (χ1n) is 11.6. The molecule has 1 aromatic carbocycles. The maximum absolute atomic E-state index is 13.4. The molecule has 0 bridgehead atoms. The Hall–Kier alpha value is -3.14. The smallest absolute Gasteiger partial charge is 0.326 e. The molecule has 2 rings (SSSR count). The fourth-order valence-electron chi connectivity index (χ4n) is 3.90. The number of rotatable bonds is 10. The van der Waals surface area contributed by atoms with Gasteiger partial charge in [-0.15, -0.1) is 0 Å². The van der Waals surface area contributed by atoms with Gasteiger partial charge < -0.3 is 31.5 Å². The summed E-state index contributed by atoms with van der Waals surface area (Å²) in [5.74, 6) is -2.95. The Morgan fingerprint density at radius 1 is 1.03 bits per heavy atom. The standard InChI is InChI=1S/C24H36N4O6/c1-13(2)19(25)21(30)27-20(14(3)4)22(31)26-17(12-15-7-9-16(29)10-8-15)23(32)28-11-5-6-18(28)24(33)34/h7-10,13-14,17-20,29H,5-6,11-12,25H2,1-4H3,(H,26,31)(H,27,30)(H,33,34)/t17-,18-,19-,20-/m1/s1. The average Bonchev–Trinajstić information content (AvgIpc) is 3.27. The van der Waals surface area contributed by atoms with Crippen LogP contribution in [0.25, 0.3) is 0 Å². The second-order valence-electron chi connectivity index (χ2n) is 9.46. The van der Waals surface area contributed by atoms with E-state index < -0.39 is 47.9 Å². The van der Waals surface area contributed by atoms with Crippen LogP contribution < -0.4 is 16.4 Å². The number of carboxylic acid groups (broad SMARTS) is 1. The minimum Gasteiger partial charge on any atom is -0.508 e. The summed E-state index contributed by atoms with van der Waals surface area (Å²) in [6, 6.07) is 2.49. The first-order valence-corrected chi connectivity index (χ1v) is 11.6. The van der Waals surface area contributed by atoms with Crippen LogP contribution >= 0.6 is 0 Å². The van der Waals surface area contributed by atoms with Gasteiger partial charge >= 0.3 is 5.97 Å². The molecule has 0 spiro atoms. The number of benzene rings is 1. The number of nitrogens with one attached hydrogen (secondary N) is 2. The molecular formula is C24H36N4O6. The maximum Gasteiger partial charge on any atom is 0.326 e. The largest absolute Gasteiger partial charge is 0.508 e. The first kappa shape index (κ1) is 27.1. The van der Waals surface area contributed by atoms with Crippen LogP contribution in [0.15, 0.2) is 24.3 Å². The number of amides is 3. The molecule has 1 aliphatic rings. The molecule has 0 saturated carbocycles. The summed E-state index contributed by atoms with van der Waals surface area (Å²) in [6.45, 7) is 7.42. The van der Waals surface area contributed by atoms with Crippen molar-refractivity contribution in [3.8, 4) is 5.75 Å². The van der Waals surface area contributed by atoms with Crippen molar-refractivity contribution in [2.45, 2.75) is 71.1 Å². The molecule has 0 aromatic heterocycles. The number of aromatic hydroxyl groups is 1. The molecule has 1 fully saturated rings. The predicted molar refractivity (Wildman–Crippen MR) is 126 cm³/mol. The Morgan fingerprint density at radius 3 is 2.18 bits per heavy atom. The summed E-state index contributed by atoms with van der Waals surface area (Å²) >= 11 is 0. The van der Waals surface area contributed by atoms with E-state index in [-0.39, 0.29) is 30.6 Å². The fourth-order valence-corrected chi connectivity index (χ4v) is 3.90. The van der Waals surface area contributed by atoms with Gasteiger partial charge in [0.2, 0.25) is 17.7 Å². The van der Waals surface area contributed by atoms with Gasteiger partial charge in [0.1, 0.15) is 23.9 Å². The summed E-state index contributed by atoms with van der Waals surface area (Å²) in [5.41, 5.74) is 6.59. The third kappa shape index (κ3) is 6.93. The van der Waals surface area contributed by atoms with E-state index >= 15 is 0 Å². The Bertz CT molecular complexity index is 886. The van der Waals surface area contributed by atoms with Crippen molar-refractivity contribution >= 4 is 23.7 Å². The van der Waals surface area contributed by atoms with Gasteiger partial charge in [0.25, 0.3) is 0 Å². The highest BCUT2D eigenvalue weighted by molar-refractivity contribution is 5.94. The lowest BCUT2D eigenvalue weighted by atomic mass is 9.99. The topological polar surface area (TPSA) is 162 Å². The highest BCUT2D eigenvalue weighted by atomic mass is 16.4. The monoisotopic (exact) mass is 476 g/mol. The van der Waals surface area contributed by atoms with Gasteiger partial charge in [-0.05, 0) is 42.4 Å². The van der Waals surface area contributed by atoms with E-state index in [1.807, 2.05) is 0 Å². The van der Waals surface area contributed by atoms with Crippen molar-refractivity contribution in [2.24, 2.45) is 17.6 Å². The molecule has 3 amide bonds. The minimum absolute atomic E-state index is 0.0604. The van der Waals surface area contributed by atoms with E-state index in [1.54, 1.807) is 39.8 Å². The van der Waals surface area contributed by atoms with E-state index in [1.165, 1.54) is 17.0 Å². The number of nitrogens with two attached hydrogens (primary N) is 1. The van der Waals surface area contributed by atoms with Gasteiger partial charge in [0.05, 0.1) is 6.04 Å². The van der Waals surface area contributed by atoms with Gasteiger partial charge in [-0.25, -0.2) is 4.79 Å². The lowest BCUT2D eigenvalue weighted by Gasteiger charge is -2.30. The second kappa shape index (κ2) is 11.8. The van der Waals surface area contributed by atoms with Gasteiger partial charge in [0, 0.05) is 13.0 Å². The lowest BCUT2D eigenvalue weighted by molar-refractivity contribution is -0.149. The number of phenolic OH excluding ortho intramolecular Hbond substituents is 1. The molecule has 6 N–H and O–H groups in total. The number of hydrogen-bond donors (Lipinski definition) is 5. The lowest BCUT2D eigenvalue weighted by Crippen LogP contribution is -2.59. The third-order valence-electron chi connectivity index (χ3n) is 6.08. The van der Waals surface area contributed by atoms with Crippen LogP contribution in [0.3, 0.4) is 0 Å². The van der Waals surface area contributed by atoms with Gasteiger partial charge in [-0.1, -0.05) is 39.8 Å². The molecule has 188 valence electrons. The molecule has 1 aliphatic heterocycles. The molecule has 34 heavy (non-hydrogen) atoms. The maximum atomic E-state index is 13.4. The number of phenols is 1. The SMILES string of the molecule is CC(C)[C@@H](N)C(=O)N[C@@H](C(=O)N[C@H](Cc1ccc(O)cc1)C(=O)N1CCC[C@@H]1C(=O)O)C(C)C. The first-order chi connectivity index (χ1) is 15.9. The predicted octanol–water partition coefficient (Wildman–Crippen LogP) is 0.619. The summed E-state index contributed by atoms with van der Waals surface area (Å²) < 4.78 is 0. The number of likely N-dealkylation sites (tertiary alicyclic amines) is 1. The number of carbonyl (C=O) groups excluding carboxylic acids is 3. The molecule has 0 aliphatic carbocycles. The Labute approximate surface area is 199 Å². The van der Waals surface area contributed by atoms with Gasteiger partial charge in [0.15, 0.2) is 0 Å². The van der Waals surface area contributed by atoms with Crippen molar-refractivity contribution in [2.75, 3.05) is 6.54 Å². The molecule has 4 atom stereocenters. The molecule has 0 unspecified atom stereocenters. The normalized spacial score (nSPS) is 18.4. The molecule has 10 heteroatoms. The second-order valence-corrected chi connectivity index (χ2v) is 9.46. The number of nitrogens with zero attached hydrogens (tertiary/aromatic N) is 1. The van der Waals surface area contributed by atoms with Crippen molar-refractivity contribution < 1.29 is 29.4 Å². The van der Waals surface area contributed by atoms with Gasteiger partial charge in [-0.2, -0.15) is 0 Å². The number of hydrogen-bond acceptors (Lipinski definition) is 6. The van der Waals surface area contributed by atoms with Crippen LogP contribution in [0.2, 0.25) is 0 Å². The van der Waals surface area contributed by atoms with Crippen molar-refractivity contribution in [1.82, 2.24) is 15.5 Å². The van der Waals surface area contributed by atoms with E-state index in [0.29, 0.717) is 18.4 Å². The van der Waals surface area contributed by atoms with E-state index in [0.717, 1.165) is 0 Å². The number of carbonyl (C=O) groups is 4. The quantitative estimate of drug-likeness (QED) is 0.330. The van der Waals surface area contributed by atoms with E-state index in [9.17, 15) is 29.4 Å². The zero-order chi connectivity index (χ0) is 25.6. The molecule has 1 saturated heterocycles. The summed E-state index contributed by atoms with van der Waals surface area (Å²) in [5, 5.41) is 24.5. The zero-order valence-electron chi connectivity index (χ0n) is 20.2. The van der Waals surface area contributed by atoms with Crippen LogP contribution in [0.4, 0.5) is 0 Å². The van der Waals surface area contributed by atoms with Crippen molar-refractivity contribution in [3.63, 3.8) is 0 Å². The summed E-state index contributed by atoms with van der Waals surface area (Å²) in [6.07, 6.45) is 0.997. The van der Waals surface area contributed by atoms with Crippen LogP contribution in [0.1, 0.15) is 46.1 Å². The molecule has 1 aromatic rings. The average molecular weight is 477 g/mol. The van der Waals surface area contributed by atoms with Crippen LogP contribution in [-0.4, -0.2) is 69.5 Å². The van der Waals surface area contributed by atoms with Crippen LogP contribution in [0.5, 0.6) is 5.75 Å².